The van der Waals surface area contributed by atoms with Crippen LogP contribution in [0.15, 0.2) is 58.2 Å². The molecule has 0 aliphatic carbocycles. The minimum Gasteiger partial charge on any atom is -0.503 e. The molecule has 0 saturated heterocycles. The number of furan rings is 1. The lowest BCUT2D eigenvalue weighted by molar-refractivity contribution is -0.129. The molecule has 8 heteroatoms. The number of aliphatic hydroxyl groups is 1. The summed E-state index contributed by atoms with van der Waals surface area (Å²) in [4.78, 5) is 27.9. The molecule has 0 bridgehead atoms. The molecule has 4 rings (SSSR count). The van der Waals surface area contributed by atoms with Gasteiger partial charge in [-0.2, -0.15) is 0 Å². The lowest BCUT2D eigenvalue weighted by atomic mass is 9.94. The number of rotatable bonds is 7. The van der Waals surface area contributed by atoms with E-state index in [1.165, 1.54) is 19.1 Å². The number of hydrogen-bond donors (Lipinski definition) is 1. The summed E-state index contributed by atoms with van der Waals surface area (Å²) >= 11 is 6.04. The zero-order valence-electron chi connectivity index (χ0n) is 17.8. The Labute approximate surface area is 189 Å². The van der Waals surface area contributed by atoms with Crippen molar-refractivity contribution >= 4 is 34.3 Å². The van der Waals surface area contributed by atoms with Crippen LogP contribution in [-0.2, 0) is 4.79 Å². The van der Waals surface area contributed by atoms with E-state index in [4.69, 9.17) is 25.5 Å². The molecule has 0 spiro atoms. The van der Waals surface area contributed by atoms with E-state index in [9.17, 15) is 14.7 Å². The molecular formula is C24H22ClNO6. The smallest absolute Gasteiger partial charge is 0.290 e. The maximum atomic E-state index is 13.5. The molecule has 1 unspecified atom stereocenters. The fraction of sp³-hybridized carbons (Fsp3) is 0.250. The number of halogens is 1. The maximum absolute atomic E-state index is 13.5. The van der Waals surface area contributed by atoms with Crippen LogP contribution in [0.25, 0.3) is 11.0 Å². The number of nitrogens with zero attached hydrogens (tertiary/aromatic N) is 1. The molecule has 1 atom stereocenters. The molecule has 2 heterocycles. The van der Waals surface area contributed by atoms with Gasteiger partial charge in [0, 0.05) is 22.5 Å². The number of ether oxygens (including phenoxy) is 2. The van der Waals surface area contributed by atoms with Crippen LogP contribution in [0.3, 0.4) is 0 Å². The SMILES string of the molecule is CCCN1C(=O)C(O)=C(C(=O)c2cc3cc(Cl)ccc3o2)C1c1cccc(OC)c1OC. The molecule has 1 aliphatic heterocycles. The van der Waals surface area contributed by atoms with Gasteiger partial charge in [0.2, 0.25) is 5.78 Å². The number of amides is 1. The Morgan fingerprint density at radius 1 is 1.19 bits per heavy atom. The average Bonchev–Trinajstić information content (AvgIpc) is 3.32. The monoisotopic (exact) mass is 455 g/mol. The Kier molecular flexibility index (Phi) is 5.84. The summed E-state index contributed by atoms with van der Waals surface area (Å²) in [5, 5.41) is 11.9. The molecule has 1 aromatic heterocycles. The molecule has 1 amide bonds. The van der Waals surface area contributed by atoms with Gasteiger partial charge in [-0.3, -0.25) is 9.59 Å². The van der Waals surface area contributed by atoms with Crippen molar-refractivity contribution in [1.82, 2.24) is 4.90 Å². The van der Waals surface area contributed by atoms with Crippen molar-refractivity contribution in [2.45, 2.75) is 19.4 Å². The highest BCUT2D eigenvalue weighted by atomic mass is 35.5. The molecule has 1 N–H and O–H groups in total. The second-order valence-electron chi connectivity index (χ2n) is 7.37. The molecule has 166 valence electrons. The Morgan fingerprint density at radius 2 is 1.97 bits per heavy atom. The predicted molar refractivity (Wildman–Crippen MR) is 120 cm³/mol. The minimum atomic E-state index is -0.864. The largest absolute Gasteiger partial charge is 0.503 e. The molecular weight excluding hydrogens is 434 g/mol. The number of carbonyl (C=O) groups excluding carboxylic acids is 2. The fourth-order valence-corrected chi connectivity index (χ4v) is 4.25. The Bertz CT molecular complexity index is 1240. The summed E-state index contributed by atoms with van der Waals surface area (Å²) in [6, 6.07) is 10.9. The number of hydrogen-bond acceptors (Lipinski definition) is 6. The number of aliphatic hydroxyl groups excluding tert-OH is 1. The van der Waals surface area contributed by atoms with Crippen LogP contribution in [0.2, 0.25) is 5.02 Å². The molecule has 0 saturated carbocycles. The van der Waals surface area contributed by atoms with Gasteiger partial charge in [-0.25, -0.2) is 0 Å². The third-order valence-electron chi connectivity index (χ3n) is 5.44. The van der Waals surface area contributed by atoms with Crippen molar-refractivity contribution in [1.29, 1.82) is 0 Å². The predicted octanol–water partition coefficient (Wildman–Crippen LogP) is 5.09. The molecule has 0 fully saturated rings. The zero-order valence-corrected chi connectivity index (χ0v) is 18.6. The summed E-state index contributed by atoms with van der Waals surface area (Å²) < 4.78 is 16.7. The number of para-hydroxylation sites is 1. The van der Waals surface area contributed by atoms with E-state index < -0.39 is 23.5 Å². The summed E-state index contributed by atoms with van der Waals surface area (Å²) in [5.74, 6) is -0.977. The average molecular weight is 456 g/mol. The van der Waals surface area contributed by atoms with Crippen molar-refractivity contribution in [3.05, 3.63) is 70.1 Å². The van der Waals surface area contributed by atoms with E-state index in [2.05, 4.69) is 0 Å². The third-order valence-corrected chi connectivity index (χ3v) is 5.68. The number of fused-ring (bicyclic) bond motifs is 1. The van der Waals surface area contributed by atoms with Crippen molar-refractivity contribution in [2.24, 2.45) is 0 Å². The van der Waals surface area contributed by atoms with Gasteiger partial charge in [-0.1, -0.05) is 30.7 Å². The van der Waals surface area contributed by atoms with Crippen LogP contribution in [0.1, 0.15) is 35.5 Å². The van der Waals surface area contributed by atoms with Crippen LogP contribution in [0.4, 0.5) is 0 Å². The van der Waals surface area contributed by atoms with E-state index in [1.807, 2.05) is 6.92 Å². The first-order chi connectivity index (χ1) is 15.4. The van der Waals surface area contributed by atoms with Gasteiger partial charge in [-0.15, -0.1) is 0 Å². The molecule has 32 heavy (non-hydrogen) atoms. The van der Waals surface area contributed by atoms with E-state index in [1.54, 1.807) is 42.5 Å². The lowest BCUT2D eigenvalue weighted by Gasteiger charge is -2.28. The van der Waals surface area contributed by atoms with Gasteiger partial charge in [0.1, 0.15) is 5.58 Å². The van der Waals surface area contributed by atoms with Gasteiger partial charge in [-0.05, 0) is 36.8 Å². The number of Topliss-reactive ketones (excluding diaryl/α,β-unsaturated/α-hetero) is 1. The van der Waals surface area contributed by atoms with Crippen LogP contribution >= 0.6 is 11.6 Å². The molecule has 1 aliphatic rings. The van der Waals surface area contributed by atoms with Crippen molar-refractivity contribution in [3.63, 3.8) is 0 Å². The topological polar surface area (TPSA) is 89.2 Å². The summed E-state index contributed by atoms with van der Waals surface area (Å²) in [6.45, 7) is 2.24. The molecule has 3 aromatic rings. The highest BCUT2D eigenvalue weighted by molar-refractivity contribution is 6.31. The van der Waals surface area contributed by atoms with Crippen molar-refractivity contribution < 1.29 is 28.6 Å². The summed E-state index contributed by atoms with van der Waals surface area (Å²) in [6.07, 6.45) is 0.631. The molecule has 2 aromatic carbocycles. The van der Waals surface area contributed by atoms with E-state index in [0.29, 0.717) is 46.0 Å². The number of methoxy groups -OCH3 is 2. The first kappa shape index (κ1) is 21.8. The molecule has 0 radical (unpaired) electrons. The second-order valence-corrected chi connectivity index (χ2v) is 7.80. The molecule has 7 nitrogen and oxygen atoms in total. The number of benzene rings is 2. The van der Waals surface area contributed by atoms with Crippen LogP contribution in [-0.4, -0.2) is 42.5 Å². The van der Waals surface area contributed by atoms with Crippen molar-refractivity contribution in [2.75, 3.05) is 20.8 Å². The maximum Gasteiger partial charge on any atom is 0.290 e. The van der Waals surface area contributed by atoms with Gasteiger partial charge in [0.05, 0.1) is 25.8 Å². The lowest BCUT2D eigenvalue weighted by Crippen LogP contribution is -2.32. The van der Waals surface area contributed by atoms with Gasteiger partial charge >= 0.3 is 0 Å². The summed E-state index contributed by atoms with van der Waals surface area (Å²) in [5.41, 5.74) is 0.934. The zero-order chi connectivity index (χ0) is 23.0. The summed E-state index contributed by atoms with van der Waals surface area (Å²) in [7, 11) is 2.99. The second kappa shape index (κ2) is 8.59. The van der Waals surface area contributed by atoms with Gasteiger partial charge in [0.15, 0.2) is 23.0 Å². The van der Waals surface area contributed by atoms with Gasteiger partial charge in [0.25, 0.3) is 5.91 Å². The minimum absolute atomic E-state index is 0.00169. The van der Waals surface area contributed by atoms with Crippen LogP contribution < -0.4 is 9.47 Å². The number of ketones is 1. The highest BCUT2D eigenvalue weighted by Crippen LogP contribution is 2.45. The normalized spacial score (nSPS) is 16.2. The Balaban J connectivity index is 1.88. The van der Waals surface area contributed by atoms with E-state index in [0.717, 1.165) is 0 Å². The first-order valence-corrected chi connectivity index (χ1v) is 10.5. The van der Waals surface area contributed by atoms with Gasteiger partial charge < -0.3 is 23.9 Å². The quantitative estimate of drug-likeness (QED) is 0.499. The van der Waals surface area contributed by atoms with E-state index in [-0.39, 0.29) is 11.3 Å². The Morgan fingerprint density at radius 3 is 2.66 bits per heavy atom. The first-order valence-electron chi connectivity index (χ1n) is 10.1. The van der Waals surface area contributed by atoms with E-state index >= 15 is 0 Å². The standard InChI is InChI=1S/C24H22ClNO6/c1-4-10-26-20(15-6-5-7-17(30-2)23(15)31-3)19(22(28)24(26)29)21(27)18-12-13-11-14(25)8-9-16(13)32-18/h5-9,11-12,20,28H,4,10H2,1-3H3. The van der Waals surface area contributed by atoms with Crippen LogP contribution in [0.5, 0.6) is 11.5 Å². The highest BCUT2D eigenvalue weighted by Gasteiger charge is 2.45. The van der Waals surface area contributed by atoms with Crippen molar-refractivity contribution in [3.8, 4) is 11.5 Å². The third kappa shape index (κ3) is 3.48. The number of carbonyl (C=O) groups is 2. The Hall–Kier alpha value is -3.45. The van der Waals surface area contributed by atoms with Crippen LogP contribution in [0, 0.1) is 0 Å². The fourth-order valence-electron chi connectivity index (χ4n) is 4.07.